The Morgan fingerprint density at radius 2 is 1.96 bits per heavy atom. The van der Waals surface area contributed by atoms with Crippen LogP contribution >= 0.6 is 23.1 Å². The number of hydrogen-bond donors (Lipinski definition) is 0. The number of nitrogens with zero attached hydrogens (tertiary/aromatic N) is 2. The van der Waals surface area contributed by atoms with Crippen molar-refractivity contribution in [3.63, 3.8) is 0 Å². The minimum atomic E-state index is -0.262. The van der Waals surface area contributed by atoms with Crippen LogP contribution in [0.5, 0.6) is 0 Å². The Bertz CT molecular complexity index is 798. The zero-order chi connectivity index (χ0) is 18.6. The zero-order valence-electron chi connectivity index (χ0n) is 15.1. The Morgan fingerprint density at radius 1 is 1.19 bits per heavy atom. The van der Waals surface area contributed by atoms with Gasteiger partial charge in [-0.15, -0.1) is 23.1 Å². The molecule has 4 rings (SSSR count). The Labute approximate surface area is 167 Å². The summed E-state index contributed by atoms with van der Waals surface area (Å²) in [5, 5.41) is 8.93. The van der Waals surface area contributed by atoms with Crippen LogP contribution in [0.25, 0.3) is 0 Å². The molecule has 6 heteroatoms. The van der Waals surface area contributed by atoms with Gasteiger partial charge in [-0.2, -0.15) is 5.10 Å². The van der Waals surface area contributed by atoms with Gasteiger partial charge in [-0.3, -0.25) is 4.79 Å². The second kappa shape index (κ2) is 8.57. The molecule has 1 amide bonds. The Hall–Kier alpha value is -1.66. The van der Waals surface area contributed by atoms with Gasteiger partial charge >= 0.3 is 0 Å². The van der Waals surface area contributed by atoms with Crippen molar-refractivity contribution in [1.82, 2.24) is 5.01 Å². The number of hydrogen-bond acceptors (Lipinski definition) is 4. The van der Waals surface area contributed by atoms with Crippen molar-refractivity contribution in [1.29, 1.82) is 0 Å². The van der Waals surface area contributed by atoms with Gasteiger partial charge in [0.1, 0.15) is 5.82 Å². The lowest BCUT2D eigenvalue weighted by Gasteiger charge is -2.24. The van der Waals surface area contributed by atoms with Crippen LogP contribution in [0, 0.1) is 5.82 Å². The predicted octanol–water partition coefficient (Wildman–Crippen LogP) is 5.63. The SMILES string of the molecule is O=C(CSC1CCCCC1)N1N=C(c2cccs2)CC1c1ccc(F)cc1. The van der Waals surface area contributed by atoms with Gasteiger partial charge in [-0.1, -0.05) is 37.5 Å². The summed E-state index contributed by atoms with van der Waals surface area (Å²) in [6.45, 7) is 0. The van der Waals surface area contributed by atoms with E-state index in [2.05, 4.69) is 5.10 Å². The summed E-state index contributed by atoms with van der Waals surface area (Å²) in [4.78, 5) is 14.1. The Balaban J connectivity index is 1.51. The van der Waals surface area contributed by atoms with Gasteiger partial charge in [0.05, 0.1) is 22.4 Å². The maximum atomic E-state index is 13.3. The van der Waals surface area contributed by atoms with E-state index in [0.29, 0.717) is 17.4 Å². The fraction of sp³-hybridized carbons (Fsp3) is 0.429. The van der Waals surface area contributed by atoms with Gasteiger partial charge in [-0.25, -0.2) is 9.40 Å². The van der Waals surface area contributed by atoms with Gasteiger partial charge in [0.25, 0.3) is 5.91 Å². The van der Waals surface area contributed by atoms with Gasteiger partial charge in [0.2, 0.25) is 0 Å². The third-order valence-electron chi connectivity index (χ3n) is 5.22. The van der Waals surface area contributed by atoms with E-state index in [1.807, 2.05) is 17.5 Å². The van der Waals surface area contributed by atoms with E-state index >= 15 is 0 Å². The predicted molar refractivity (Wildman–Crippen MR) is 111 cm³/mol. The summed E-state index contributed by atoms with van der Waals surface area (Å²) in [7, 11) is 0. The maximum absolute atomic E-state index is 13.3. The number of amides is 1. The first-order chi connectivity index (χ1) is 13.2. The summed E-state index contributed by atoms with van der Waals surface area (Å²) in [6.07, 6.45) is 6.96. The van der Waals surface area contributed by atoms with Gasteiger partial charge in [0, 0.05) is 11.7 Å². The number of benzene rings is 1. The average Bonchev–Trinajstić information content (AvgIpc) is 3.37. The summed E-state index contributed by atoms with van der Waals surface area (Å²) in [5.41, 5.74) is 1.87. The standard InChI is InChI=1S/C21H23FN2OS2/c22-16-10-8-15(9-11-16)19-13-18(20-7-4-12-26-20)23-24(19)21(25)14-27-17-5-2-1-3-6-17/h4,7-12,17,19H,1-3,5-6,13-14H2. The largest absolute Gasteiger partial charge is 0.272 e. The highest BCUT2D eigenvalue weighted by Crippen LogP contribution is 2.35. The fourth-order valence-corrected chi connectivity index (χ4v) is 5.66. The second-order valence-electron chi connectivity index (χ2n) is 7.10. The molecule has 2 aliphatic rings. The number of carbonyl (C=O) groups excluding carboxylic acids is 1. The van der Waals surface area contributed by atoms with Crippen LogP contribution in [0.15, 0.2) is 46.9 Å². The molecule has 0 bridgehead atoms. The first-order valence-corrected chi connectivity index (χ1v) is 11.4. The molecule has 3 nitrogen and oxygen atoms in total. The van der Waals surface area contributed by atoms with Crippen LogP contribution in [-0.2, 0) is 4.79 Å². The number of rotatable bonds is 5. The number of hydrazone groups is 1. The molecule has 0 radical (unpaired) electrons. The van der Waals surface area contributed by atoms with Crippen molar-refractivity contribution in [2.75, 3.05) is 5.75 Å². The summed E-state index contributed by atoms with van der Waals surface area (Å²) >= 11 is 3.41. The molecule has 1 aromatic heterocycles. The molecule has 1 unspecified atom stereocenters. The lowest BCUT2D eigenvalue weighted by Crippen LogP contribution is -2.29. The van der Waals surface area contributed by atoms with E-state index in [9.17, 15) is 9.18 Å². The van der Waals surface area contributed by atoms with Crippen molar-refractivity contribution in [3.8, 4) is 0 Å². The molecule has 0 saturated heterocycles. The van der Waals surface area contributed by atoms with Crippen LogP contribution in [0.1, 0.15) is 55.0 Å². The van der Waals surface area contributed by atoms with Crippen molar-refractivity contribution < 1.29 is 9.18 Å². The van der Waals surface area contributed by atoms with Gasteiger partial charge in [0.15, 0.2) is 0 Å². The normalized spacial score (nSPS) is 20.7. The minimum Gasteiger partial charge on any atom is -0.272 e. The highest BCUT2D eigenvalue weighted by Gasteiger charge is 2.33. The van der Waals surface area contributed by atoms with Crippen LogP contribution in [0.2, 0.25) is 0 Å². The molecule has 0 spiro atoms. The molecule has 27 heavy (non-hydrogen) atoms. The number of halogens is 1. The molecule has 1 saturated carbocycles. The molecule has 0 N–H and O–H groups in total. The Morgan fingerprint density at radius 3 is 2.67 bits per heavy atom. The first kappa shape index (κ1) is 18.7. The van der Waals surface area contributed by atoms with E-state index < -0.39 is 0 Å². The molecule has 1 aromatic carbocycles. The fourth-order valence-electron chi connectivity index (χ4n) is 3.76. The van der Waals surface area contributed by atoms with E-state index in [1.165, 1.54) is 44.2 Å². The highest BCUT2D eigenvalue weighted by atomic mass is 32.2. The third kappa shape index (κ3) is 4.43. The first-order valence-electron chi connectivity index (χ1n) is 9.51. The zero-order valence-corrected chi connectivity index (χ0v) is 16.8. The summed E-state index contributed by atoms with van der Waals surface area (Å²) in [5.74, 6) is 0.247. The number of carbonyl (C=O) groups is 1. The molecule has 1 atom stereocenters. The molecule has 1 aliphatic heterocycles. The molecular formula is C21H23FN2OS2. The minimum absolute atomic E-state index is 0.0476. The highest BCUT2D eigenvalue weighted by molar-refractivity contribution is 8.00. The molecule has 1 fully saturated rings. The van der Waals surface area contributed by atoms with Crippen LogP contribution < -0.4 is 0 Å². The van der Waals surface area contributed by atoms with Crippen molar-refractivity contribution in [2.45, 2.75) is 49.8 Å². The second-order valence-corrected chi connectivity index (χ2v) is 9.34. The van der Waals surface area contributed by atoms with Crippen LogP contribution in [0.4, 0.5) is 4.39 Å². The number of thioether (sulfide) groups is 1. The third-order valence-corrected chi connectivity index (χ3v) is 7.50. The molecular weight excluding hydrogens is 379 g/mol. The van der Waals surface area contributed by atoms with Crippen molar-refractivity contribution >= 4 is 34.7 Å². The lowest BCUT2D eigenvalue weighted by molar-refractivity contribution is -0.130. The quantitative estimate of drug-likeness (QED) is 0.649. The van der Waals surface area contributed by atoms with Crippen LogP contribution in [0.3, 0.4) is 0 Å². The van der Waals surface area contributed by atoms with Gasteiger partial charge in [-0.05, 0) is 42.0 Å². The molecule has 2 aromatic rings. The molecule has 142 valence electrons. The summed E-state index contributed by atoms with van der Waals surface area (Å²) < 4.78 is 13.3. The lowest BCUT2D eigenvalue weighted by atomic mass is 10.0. The van der Waals surface area contributed by atoms with E-state index in [0.717, 1.165) is 16.2 Å². The maximum Gasteiger partial charge on any atom is 0.253 e. The number of thiophene rings is 1. The molecule has 1 aliphatic carbocycles. The van der Waals surface area contributed by atoms with E-state index in [4.69, 9.17) is 0 Å². The smallest absolute Gasteiger partial charge is 0.253 e. The van der Waals surface area contributed by atoms with Crippen molar-refractivity contribution in [3.05, 3.63) is 58.0 Å². The average molecular weight is 403 g/mol. The van der Waals surface area contributed by atoms with Crippen LogP contribution in [-0.4, -0.2) is 27.6 Å². The Kier molecular flexibility index (Phi) is 5.93. The van der Waals surface area contributed by atoms with E-state index in [-0.39, 0.29) is 17.8 Å². The molecule has 2 heterocycles. The van der Waals surface area contributed by atoms with Gasteiger partial charge < -0.3 is 0 Å². The van der Waals surface area contributed by atoms with E-state index in [1.54, 1.807) is 40.2 Å². The summed E-state index contributed by atoms with van der Waals surface area (Å²) in [6, 6.07) is 10.3. The topological polar surface area (TPSA) is 32.7 Å². The van der Waals surface area contributed by atoms with Crippen molar-refractivity contribution in [2.24, 2.45) is 5.10 Å². The monoisotopic (exact) mass is 402 g/mol.